The number of benzene rings is 1. The fraction of sp³-hybridized carbons (Fsp3) is 0.267. The summed E-state index contributed by atoms with van der Waals surface area (Å²) in [6.45, 7) is 3.73. The molecular formula is C15H17NO3S. The summed E-state index contributed by atoms with van der Waals surface area (Å²) in [5, 5.41) is 26.2. The van der Waals surface area contributed by atoms with Crippen LogP contribution in [0.2, 0.25) is 0 Å². The van der Waals surface area contributed by atoms with Gasteiger partial charge in [0.05, 0.1) is 11.7 Å². The highest BCUT2D eigenvalue weighted by Gasteiger charge is 2.15. The maximum atomic E-state index is 12.1. The Morgan fingerprint density at radius 2 is 2.15 bits per heavy atom. The molecule has 1 heterocycles. The molecular weight excluding hydrogens is 274 g/mol. The lowest BCUT2D eigenvalue weighted by Crippen LogP contribution is -2.28. The standard InChI is InChI=1S/C15H17NO3S/c1-9-5-10(2)14(18)12(6-9)15(19)16-7-13(17)11-3-4-20-8-11/h3-6,8,13,17-18H,7H2,1-2H3,(H,16,19). The van der Waals surface area contributed by atoms with Gasteiger partial charge in [0.1, 0.15) is 5.75 Å². The Kier molecular flexibility index (Phi) is 4.42. The zero-order valence-electron chi connectivity index (χ0n) is 11.4. The number of hydrogen-bond donors (Lipinski definition) is 3. The lowest BCUT2D eigenvalue weighted by molar-refractivity contribution is 0.0913. The van der Waals surface area contributed by atoms with E-state index >= 15 is 0 Å². The summed E-state index contributed by atoms with van der Waals surface area (Å²) < 4.78 is 0. The maximum Gasteiger partial charge on any atom is 0.255 e. The second-order valence-electron chi connectivity index (χ2n) is 4.76. The van der Waals surface area contributed by atoms with Crippen LogP contribution in [-0.2, 0) is 0 Å². The minimum absolute atomic E-state index is 0.0156. The molecule has 1 aromatic carbocycles. The molecule has 20 heavy (non-hydrogen) atoms. The second kappa shape index (κ2) is 6.07. The SMILES string of the molecule is Cc1cc(C)c(O)c(C(=O)NCC(O)c2ccsc2)c1. The number of aliphatic hydroxyl groups excluding tert-OH is 1. The van der Waals surface area contributed by atoms with Gasteiger partial charge in [0.15, 0.2) is 0 Å². The molecule has 1 unspecified atom stereocenters. The first-order valence-corrected chi connectivity index (χ1v) is 7.22. The number of amides is 1. The molecule has 4 nitrogen and oxygen atoms in total. The molecule has 3 N–H and O–H groups in total. The third-order valence-electron chi connectivity index (χ3n) is 3.07. The van der Waals surface area contributed by atoms with Gasteiger partial charge in [-0.1, -0.05) is 6.07 Å². The van der Waals surface area contributed by atoms with Gasteiger partial charge in [-0.25, -0.2) is 0 Å². The number of aromatic hydroxyl groups is 1. The van der Waals surface area contributed by atoms with Crippen molar-refractivity contribution in [1.29, 1.82) is 0 Å². The monoisotopic (exact) mass is 291 g/mol. The van der Waals surface area contributed by atoms with Gasteiger partial charge in [-0.2, -0.15) is 11.3 Å². The average Bonchev–Trinajstić information content (AvgIpc) is 2.93. The van der Waals surface area contributed by atoms with Gasteiger partial charge in [-0.05, 0) is 53.4 Å². The summed E-state index contributed by atoms with van der Waals surface area (Å²) in [7, 11) is 0. The van der Waals surface area contributed by atoms with E-state index in [9.17, 15) is 15.0 Å². The first-order valence-electron chi connectivity index (χ1n) is 6.27. The second-order valence-corrected chi connectivity index (χ2v) is 5.54. The van der Waals surface area contributed by atoms with Crippen LogP contribution in [0.1, 0.15) is 33.2 Å². The summed E-state index contributed by atoms with van der Waals surface area (Å²) in [6, 6.07) is 5.26. The largest absolute Gasteiger partial charge is 0.507 e. The molecule has 1 amide bonds. The maximum absolute atomic E-state index is 12.1. The molecule has 0 spiro atoms. The molecule has 0 aliphatic rings. The summed E-state index contributed by atoms with van der Waals surface area (Å²) in [5.74, 6) is -0.401. The summed E-state index contributed by atoms with van der Waals surface area (Å²) >= 11 is 1.49. The van der Waals surface area contributed by atoms with E-state index in [1.807, 2.05) is 29.8 Å². The highest BCUT2D eigenvalue weighted by Crippen LogP contribution is 2.23. The van der Waals surface area contributed by atoms with E-state index in [2.05, 4.69) is 5.32 Å². The van der Waals surface area contributed by atoms with Crippen LogP contribution >= 0.6 is 11.3 Å². The molecule has 1 atom stereocenters. The van der Waals surface area contributed by atoms with E-state index in [-0.39, 0.29) is 23.8 Å². The Hall–Kier alpha value is -1.85. The number of nitrogens with one attached hydrogen (secondary N) is 1. The Morgan fingerprint density at radius 3 is 2.80 bits per heavy atom. The zero-order valence-corrected chi connectivity index (χ0v) is 12.2. The van der Waals surface area contributed by atoms with Crippen molar-refractivity contribution in [2.45, 2.75) is 20.0 Å². The first kappa shape index (κ1) is 14.6. The van der Waals surface area contributed by atoms with Gasteiger partial charge in [-0.3, -0.25) is 4.79 Å². The lowest BCUT2D eigenvalue weighted by Gasteiger charge is -2.12. The van der Waals surface area contributed by atoms with Crippen molar-refractivity contribution in [2.24, 2.45) is 0 Å². The zero-order chi connectivity index (χ0) is 14.7. The van der Waals surface area contributed by atoms with Crippen LogP contribution < -0.4 is 5.32 Å². The molecule has 1 aromatic heterocycles. The molecule has 0 fully saturated rings. The van der Waals surface area contributed by atoms with Crippen LogP contribution in [0.3, 0.4) is 0 Å². The predicted molar refractivity (Wildman–Crippen MR) is 79.2 cm³/mol. The fourth-order valence-corrected chi connectivity index (χ4v) is 2.71. The number of phenolic OH excluding ortho intramolecular Hbond substituents is 1. The number of carbonyl (C=O) groups excluding carboxylic acids is 1. The Labute approximate surface area is 121 Å². The van der Waals surface area contributed by atoms with E-state index in [1.165, 1.54) is 11.3 Å². The van der Waals surface area contributed by atoms with Crippen molar-refractivity contribution in [2.75, 3.05) is 6.54 Å². The molecule has 0 aliphatic carbocycles. The predicted octanol–water partition coefficient (Wildman–Crippen LogP) is 2.53. The van der Waals surface area contributed by atoms with Crippen molar-refractivity contribution >= 4 is 17.2 Å². The van der Waals surface area contributed by atoms with Gasteiger partial charge in [0, 0.05) is 6.54 Å². The van der Waals surface area contributed by atoms with E-state index in [4.69, 9.17) is 0 Å². The van der Waals surface area contributed by atoms with E-state index < -0.39 is 6.10 Å². The fourth-order valence-electron chi connectivity index (χ4n) is 2.00. The molecule has 2 aromatic rings. The number of hydrogen-bond acceptors (Lipinski definition) is 4. The molecule has 0 radical (unpaired) electrons. The molecule has 2 rings (SSSR count). The normalized spacial score (nSPS) is 12.2. The van der Waals surface area contributed by atoms with E-state index in [1.54, 1.807) is 13.0 Å². The minimum Gasteiger partial charge on any atom is -0.507 e. The van der Waals surface area contributed by atoms with Crippen LogP contribution in [-0.4, -0.2) is 22.7 Å². The molecule has 0 bridgehead atoms. The smallest absolute Gasteiger partial charge is 0.255 e. The quantitative estimate of drug-likeness (QED) is 0.810. The Bertz CT molecular complexity index is 608. The van der Waals surface area contributed by atoms with Crippen LogP contribution in [0.4, 0.5) is 0 Å². The summed E-state index contributed by atoms with van der Waals surface area (Å²) in [4.78, 5) is 12.1. The van der Waals surface area contributed by atoms with Crippen LogP contribution in [0, 0.1) is 13.8 Å². The van der Waals surface area contributed by atoms with Crippen molar-refractivity contribution in [1.82, 2.24) is 5.32 Å². The lowest BCUT2D eigenvalue weighted by atomic mass is 10.0. The van der Waals surface area contributed by atoms with Gasteiger partial charge in [0.2, 0.25) is 0 Å². The van der Waals surface area contributed by atoms with Gasteiger partial charge < -0.3 is 15.5 Å². The van der Waals surface area contributed by atoms with Gasteiger partial charge in [-0.15, -0.1) is 0 Å². The summed E-state index contributed by atoms with van der Waals surface area (Å²) in [6.07, 6.45) is -0.738. The van der Waals surface area contributed by atoms with E-state index in [0.717, 1.165) is 11.1 Å². The Morgan fingerprint density at radius 1 is 1.40 bits per heavy atom. The molecule has 106 valence electrons. The summed E-state index contributed by atoms with van der Waals surface area (Å²) in [5.41, 5.74) is 2.58. The Balaban J connectivity index is 2.06. The molecule has 5 heteroatoms. The minimum atomic E-state index is -0.738. The number of carbonyl (C=O) groups is 1. The van der Waals surface area contributed by atoms with Crippen molar-refractivity contribution in [3.05, 3.63) is 51.2 Å². The molecule has 0 saturated carbocycles. The van der Waals surface area contributed by atoms with Crippen LogP contribution in [0.25, 0.3) is 0 Å². The highest BCUT2D eigenvalue weighted by molar-refractivity contribution is 7.07. The highest BCUT2D eigenvalue weighted by atomic mass is 32.1. The van der Waals surface area contributed by atoms with Crippen molar-refractivity contribution in [3.63, 3.8) is 0 Å². The van der Waals surface area contributed by atoms with Gasteiger partial charge >= 0.3 is 0 Å². The van der Waals surface area contributed by atoms with E-state index in [0.29, 0.717) is 5.56 Å². The third kappa shape index (κ3) is 3.18. The first-order chi connectivity index (χ1) is 9.49. The molecule has 0 saturated heterocycles. The average molecular weight is 291 g/mol. The van der Waals surface area contributed by atoms with Crippen LogP contribution in [0.15, 0.2) is 29.0 Å². The molecule has 0 aliphatic heterocycles. The topological polar surface area (TPSA) is 69.6 Å². The number of rotatable bonds is 4. The number of aryl methyl sites for hydroxylation is 2. The van der Waals surface area contributed by atoms with Gasteiger partial charge in [0.25, 0.3) is 5.91 Å². The van der Waals surface area contributed by atoms with Crippen molar-refractivity contribution in [3.8, 4) is 5.75 Å². The number of thiophene rings is 1. The number of phenols is 1. The van der Waals surface area contributed by atoms with Crippen molar-refractivity contribution < 1.29 is 15.0 Å². The van der Waals surface area contributed by atoms with Crippen LogP contribution in [0.5, 0.6) is 5.75 Å². The number of aliphatic hydroxyl groups is 1. The third-order valence-corrected chi connectivity index (χ3v) is 3.77.